The molecule has 0 fully saturated rings. The van der Waals surface area contributed by atoms with E-state index in [0.717, 1.165) is 0 Å². The summed E-state index contributed by atoms with van der Waals surface area (Å²) in [5.74, 6) is -4.03. The van der Waals surface area contributed by atoms with E-state index in [1.54, 1.807) is 13.8 Å². The van der Waals surface area contributed by atoms with Crippen LogP contribution < -0.4 is 38.9 Å². The maximum atomic E-state index is 13.1. The van der Waals surface area contributed by atoms with Crippen molar-refractivity contribution in [3.63, 3.8) is 0 Å². The first-order chi connectivity index (χ1) is 16.4. The lowest BCUT2D eigenvalue weighted by Gasteiger charge is -2.26. The molecule has 0 aromatic rings. The molecule has 35 heavy (non-hydrogen) atoms. The zero-order chi connectivity index (χ0) is 27.0. The fourth-order valence-electron chi connectivity index (χ4n) is 3.27. The lowest BCUT2D eigenvalue weighted by atomic mass is 10.0. The van der Waals surface area contributed by atoms with Crippen molar-refractivity contribution in [3.05, 3.63) is 0 Å². The monoisotopic (exact) mass is 501 g/mol. The Hall–Kier alpha value is -2.77. The van der Waals surface area contributed by atoms with Crippen LogP contribution in [0.25, 0.3) is 0 Å². The summed E-state index contributed by atoms with van der Waals surface area (Å²) in [5.41, 5.74) is 22.0. The quantitative estimate of drug-likeness (QED) is 0.0913. The second-order valence-electron chi connectivity index (χ2n) is 8.87. The van der Waals surface area contributed by atoms with Crippen LogP contribution in [0.5, 0.6) is 0 Å². The minimum Gasteiger partial charge on any atom is -0.480 e. The number of hydrogen-bond donors (Lipinski definition) is 8. The smallest absolute Gasteiger partial charge is 0.326 e. The Bertz CT molecular complexity index is 704. The summed E-state index contributed by atoms with van der Waals surface area (Å²) in [5, 5.41) is 17.1. The molecule has 0 aliphatic carbocycles. The Balaban J connectivity index is 5.49. The van der Waals surface area contributed by atoms with E-state index in [1.807, 2.05) is 0 Å². The normalized spacial score (nSPS) is 14.5. The molecule has 0 saturated heterocycles. The van der Waals surface area contributed by atoms with E-state index in [4.69, 9.17) is 22.9 Å². The molecule has 0 radical (unpaired) electrons. The molecular weight excluding hydrogens is 458 g/mol. The predicted octanol–water partition coefficient (Wildman–Crippen LogP) is -1.97. The van der Waals surface area contributed by atoms with Crippen LogP contribution in [0, 0.1) is 5.92 Å². The maximum absolute atomic E-state index is 13.1. The number of nitrogens with two attached hydrogens (primary N) is 4. The van der Waals surface area contributed by atoms with Crippen LogP contribution in [0.3, 0.4) is 0 Å². The summed E-state index contributed by atoms with van der Waals surface area (Å²) in [6.07, 6.45) is 2.70. The molecule has 4 unspecified atom stereocenters. The number of nitrogens with one attached hydrogen (secondary N) is 3. The van der Waals surface area contributed by atoms with Crippen molar-refractivity contribution in [2.45, 2.75) is 89.4 Å². The van der Waals surface area contributed by atoms with Gasteiger partial charge in [0.15, 0.2) is 0 Å². The molecule has 0 rings (SSSR count). The number of unbranched alkanes of at least 4 members (excludes halogenated alkanes) is 2. The molecule has 0 aliphatic rings. The summed E-state index contributed by atoms with van der Waals surface area (Å²) in [6.45, 7) is 4.11. The van der Waals surface area contributed by atoms with Crippen LogP contribution in [-0.4, -0.2) is 72.0 Å². The Morgan fingerprint density at radius 1 is 0.743 bits per heavy atom. The summed E-state index contributed by atoms with van der Waals surface area (Å²) in [6, 6.07) is -4.19. The SMILES string of the molecule is CC(C)C(NC(=O)C(CCCCN)NC(=O)C(CCCCN)NC(=O)C(N)CCC(N)=O)C(=O)O. The van der Waals surface area contributed by atoms with E-state index >= 15 is 0 Å². The highest BCUT2D eigenvalue weighted by molar-refractivity contribution is 5.94. The zero-order valence-electron chi connectivity index (χ0n) is 20.8. The summed E-state index contributed by atoms with van der Waals surface area (Å²) >= 11 is 0. The number of carbonyl (C=O) groups excluding carboxylic acids is 4. The van der Waals surface area contributed by atoms with Gasteiger partial charge in [0, 0.05) is 6.42 Å². The third kappa shape index (κ3) is 13.6. The zero-order valence-corrected chi connectivity index (χ0v) is 20.8. The van der Waals surface area contributed by atoms with Crippen molar-refractivity contribution in [1.82, 2.24) is 16.0 Å². The first-order valence-corrected chi connectivity index (χ1v) is 12.0. The third-order valence-electron chi connectivity index (χ3n) is 5.43. The molecular formula is C22H43N7O6. The second kappa shape index (κ2) is 17.6. The standard InChI is InChI=1S/C22H43N7O6/c1-13(2)18(22(34)35)29-21(33)16(8-4-6-12-24)28-20(32)15(7-3-5-11-23)27-19(31)14(25)9-10-17(26)30/h13-16,18H,3-12,23-25H2,1-2H3,(H2,26,30)(H,27,31)(H,28,32)(H,29,33)(H,34,35). The van der Waals surface area contributed by atoms with Crippen LogP contribution in [0.15, 0.2) is 0 Å². The number of aliphatic carboxylic acids is 1. The van der Waals surface area contributed by atoms with Crippen molar-refractivity contribution in [1.29, 1.82) is 0 Å². The van der Waals surface area contributed by atoms with Gasteiger partial charge in [0.1, 0.15) is 18.1 Å². The van der Waals surface area contributed by atoms with E-state index in [2.05, 4.69) is 16.0 Å². The van der Waals surface area contributed by atoms with Crippen LogP contribution in [-0.2, 0) is 24.0 Å². The molecule has 0 aromatic heterocycles. The fourth-order valence-corrected chi connectivity index (χ4v) is 3.27. The molecule has 4 amide bonds. The van der Waals surface area contributed by atoms with E-state index in [-0.39, 0.29) is 31.6 Å². The van der Waals surface area contributed by atoms with Crippen molar-refractivity contribution < 1.29 is 29.1 Å². The van der Waals surface area contributed by atoms with Gasteiger partial charge in [-0.3, -0.25) is 19.2 Å². The predicted molar refractivity (Wildman–Crippen MR) is 130 cm³/mol. The van der Waals surface area contributed by atoms with Gasteiger partial charge >= 0.3 is 5.97 Å². The lowest BCUT2D eigenvalue weighted by Crippen LogP contribution is -2.57. The van der Waals surface area contributed by atoms with Gasteiger partial charge in [-0.25, -0.2) is 4.79 Å². The highest BCUT2D eigenvalue weighted by atomic mass is 16.4. The summed E-state index contributed by atoms with van der Waals surface area (Å²) < 4.78 is 0. The summed E-state index contributed by atoms with van der Waals surface area (Å²) in [4.78, 5) is 60.9. The molecule has 13 nitrogen and oxygen atoms in total. The van der Waals surface area contributed by atoms with Crippen LogP contribution in [0.1, 0.15) is 65.2 Å². The number of carboxylic acids is 1. The highest BCUT2D eigenvalue weighted by Crippen LogP contribution is 2.08. The molecule has 13 heteroatoms. The molecule has 4 atom stereocenters. The minimum atomic E-state index is -1.18. The van der Waals surface area contributed by atoms with E-state index in [9.17, 15) is 29.1 Å². The number of hydrogen-bond acceptors (Lipinski definition) is 8. The van der Waals surface area contributed by atoms with Gasteiger partial charge in [-0.1, -0.05) is 13.8 Å². The number of rotatable bonds is 19. The van der Waals surface area contributed by atoms with Crippen molar-refractivity contribution in [2.24, 2.45) is 28.9 Å². The highest BCUT2D eigenvalue weighted by Gasteiger charge is 2.31. The second-order valence-corrected chi connectivity index (χ2v) is 8.87. The molecule has 0 aromatic carbocycles. The van der Waals surface area contributed by atoms with Crippen molar-refractivity contribution in [2.75, 3.05) is 13.1 Å². The number of amides is 4. The number of carboxylic acid groups (broad SMARTS) is 1. The van der Waals surface area contributed by atoms with Gasteiger partial charge in [-0.2, -0.15) is 0 Å². The fraction of sp³-hybridized carbons (Fsp3) is 0.773. The Morgan fingerprint density at radius 3 is 1.60 bits per heavy atom. The van der Waals surface area contributed by atoms with Crippen molar-refractivity contribution in [3.8, 4) is 0 Å². The van der Waals surface area contributed by atoms with Gasteiger partial charge in [-0.15, -0.1) is 0 Å². The molecule has 0 saturated carbocycles. The van der Waals surface area contributed by atoms with Gasteiger partial charge in [-0.05, 0) is 64.0 Å². The molecule has 0 bridgehead atoms. The largest absolute Gasteiger partial charge is 0.480 e. The molecule has 202 valence electrons. The van der Waals surface area contributed by atoms with Gasteiger partial charge in [0.2, 0.25) is 23.6 Å². The molecule has 0 spiro atoms. The van der Waals surface area contributed by atoms with Gasteiger partial charge < -0.3 is 44.0 Å². The van der Waals surface area contributed by atoms with Crippen LogP contribution in [0.2, 0.25) is 0 Å². The Kier molecular flexibility index (Phi) is 16.2. The average Bonchev–Trinajstić information content (AvgIpc) is 2.78. The van der Waals surface area contributed by atoms with Crippen LogP contribution in [0.4, 0.5) is 0 Å². The van der Waals surface area contributed by atoms with Crippen LogP contribution >= 0.6 is 0 Å². The average molecular weight is 502 g/mol. The first-order valence-electron chi connectivity index (χ1n) is 12.0. The number of primary amides is 1. The van der Waals surface area contributed by atoms with Gasteiger partial charge in [0.05, 0.1) is 6.04 Å². The summed E-state index contributed by atoms with van der Waals surface area (Å²) in [7, 11) is 0. The molecule has 12 N–H and O–H groups in total. The Labute approximate surface area is 206 Å². The van der Waals surface area contributed by atoms with Gasteiger partial charge in [0.25, 0.3) is 0 Å². The lowest BCUT2D eigenvalue weighted by molar-refractivity contribution is -0.143. The third-order valence-corrected chi connectivity index (χ3v) is 5.43. The van der Waals surface area contributed by atoms with E-state index < -0.39 is 53.8 Å². The molecule has 0 heterocycles. The topological polar surface area (TPSA) is 246 Å². The Morgan fingerprint density at radius 2 is 1.20 bits per heavy atom. The van der Waals surface area contributed by atoms with E-state index in [1.165, 1.54) is 0 Å². The molecule has 0 aliphatic heterocycles. The minimum absolute atomic E-state index is 0.0220. The van der Waals surface area contributed by atoms with Crippen molar-refractivity contribution >= 4 is 29.6 Å². The maximum Gasteiger partial charge on any atom is 0.326 e. The number of carbonyl (C=O) groups is 5. The van der Waals surface area contributed by atoms with E-state index in [0.29, 0.717) is 38.8 Å². The first kappa shape index (κ1) is 32.2.